The fourth-order valence-electron chi connectivity index (χ4n) is 5.05. The van der Waals surface area contributed by atoms with Crippen LogP contribution in [0.3, 0.4) is 0 Å². The van der Waals surface area contributed by atoms with Crippen LogP contribution in [0.5, 0.6) is 23.0 Å². The lowest BCUT2D eigenvalue weighted by molar-refractivity contribution is 0.0989. The van der Waals surface area contributed by atoms with E-state index >= 15 is 0 Å². The summed E-state index contributed by atoms with van der Waals surface area (Å²) in [6.45, 7) is 0. The molecular formula is C34H30BrNO5. The van der Waals surface area contributed by atoms with Crippen molar-refractivity contribution in [1.29, 1.82) is 0 Å². The molecule has 6 nitrogen and oxygen atoms in total. The Morgan fingerprint density at radius 3 is 1.83 bits per heavy atom. The van der Waals surface area contributed by atoms with E-state index in [1.54, 1.807) is 45.4 Å². The second-order valence-electron chi connectivity index (χ2n) is 9.35. The summed E-state index contributed by atoms with van der Waals surface area (Å²) in [5.41, 5.74) is 5.41. The molecule has 5 aromatic carbocycles. The fourth-order valence-corrected chi connectivity index (χ4v) is 5.53. The number of ether oxygens (including phenoxy) is 4. The minimum atomic E-state index is -0.260. The molecule has 0 N–H and O–H groups in total. The number of hydrogen-bond donors (Lipinski definition) is 0. The molecule has 0 aromatic heterocycles. The van der Waals surface area contributed by atoms with Crippen molar-refractivity contribution in [1.82, 2.24) is 0 Å². The predicted octanol–water partition coefficient (Wildman–Crippen LogP) is 8.25. The third-order valence-electron chi connectivity index (χ3n) is 7.18. The molecule has 0 spiro atoms. The molecule has 0 aliphatic carbocycles. The summed E-state index contributed by atoms with van der Waals surface area (Å²) in [6.07, 6.45) is 0. The zero-order valence-corrected chi connectivity index (χ0v) is 25.1. The van der Waals surface area contributed by atoms with E-state index in [4.69, 9.17) is 18.9 Å². The van der Waals surface area contributed by atoms with E-state index in [1.807, 2.05) is 42.5 Å². The molecule has 0 heterocycles. The highest BCUT2D eigenvalue weighted by Gasteiger charge is 2.26. The number of carbonyl (C=O) groups is 1. The van der Waals surface area contributed by atoms with Crippen molar-refractivity contribution in [2.45, 2.75) is 0 Å². The molecule has 0 radical (unpaired) electrons. The predicted molar refractivity (Wildman–Crippen MR) is 168 cm³/mol. The highest BCUT2D eigenvalue weighted by molar-refractivity contribution is 9.10. The first-order chi connectivity index (χ1) is 19.9. The first kappa shape index (κ1) is 28.1. The number of fused-ring (bicyclic) bond motifs is 1. The number of nitrogens with zero attached hydrogens (tertiary/aromatic N) is 1. The Morgan fingerprint density at radius 1 is 0.634 bits per heavy atom. The number of benzene rings is 5. The molecule has 7 heteroatoms. The van der Waals surface area contributed by atoms with Crippen molar-refractivity contribution >= 4 is 38.3 Å². The number of halogens is 1. The first-order valence-electron chi connectivity index (χ1n) is 12.9. The van der Waals surface area contributed by atoms with Crippen LogP contribution in [0.25, 0.3) is 33.0 Å². The van der Waals surface area contributed by atoms with Gasteiger partial charge in [0, 0.05) is 16.9 Å². The van der Waals surface area contributed by atoms with Gasteiger partial charge in [0.1, 0.15) is 0 Å². The first-order valence-corrected chi connectivity index (χ1v) is 13.7. The summed E-state index contributed by atoms with van der Waals surface area (Å²) in [5, 5.41) is 1.75. The Kier molecular flexibility index (Phi) is 8.17. The summed E-state index contributed by atoms with van der Waals surface area (Å²) in [7, 11) is 8.02. The number of anilines is 1. The van der Waals surface area contributed by atoms with Gasteiger partial charge in [-0.2, -0.15) is 0 Å². The maximum Gasteiger partial charge on any atom is 0.263 e. The van der Waals surface area contributed by atoms with Crippen LogP contribution in [0.15, 0.2) is 95.5 Å². The van der Waals surface area contributed by atoms with Crippen molar-refractivity contribution in [3.05, 3.63) is 101 Å². The van der Waals surface area contributed by atoms with Crippen LogP contribution >= 0.6 is 15.9 Å². The Morgan fingerprint density at radius 2 is 1.22 bits per heavy atom. The summed E-state index contributed by atoms with van der Waals surface area (Å²) in [5.74, 6) is 1.74. The van der Waals surface area contributed by atoms with Gasteiger partial charge in [0.25, 0.3) is 5.91 Å². The molecule has 0 atom stereocenters. The average molecular weight is 613 g/mol. The Balaban J connectivity index is 1.66. The molecule has 0 aliphatic heterocycles. The quantitative estimate of drug-likeness (QED) is 0.177. The van der Waals surface area contributed by atoms with Crippen molar-refractivity contribution in [2.75, 3.05) is 40.4 Å². The third-order valence-corrected chi connectivity index (χ3v) is 7.84. The van der Waals surface area contributed by atoms with Crippen LogP contribution in [0.2, 0.25) is 0 Å². The minimum absolute atomic E-state index is 0.260. The molecule has 0 aliphatic rings. The van der Waals surface area contributed by atoms with Crippen LogP contribution in [0, 0.1) is 0 Å². The van der Waals surface area contributed by atoms with E-state index in [-0.39, 0.29) is 5.91 Å². The maximum atomic E-state index is 14.0. The second-order valence-corrected chi connectivity index (χ2v) is 10.2. The van der Waals surface area contributed by atoms with Crippen molar-refractivity contribution in [2.24, 2.45) is 0 Å². The molecule has 1 amide bonds. The fraction of sp³-hybridized carbons (Fsp3) is 0.147. The van der Waals surface area contributed by atoms with Gasteiger partial charge in [0.05, 0.1) is 39.7 Å². The zero-order chi connectivity index (χ0) is 29.1. The van der Waals surface area contributed by atoms with Gasteiger partial charge in [0.2, 0.25) is 0 Å². The standard InChI is InChI=1S/C34H30BrNO5/c1-36(34(37)32-27(35)16-18-29(38-2)33(32)41-5)28-17-15-24(25-19-30(39-3)31(40-4)20-26(25)28)23-13-11-22(12-14-23)21-9-7-6-8-10-21/h6-20H,1-5H3. The lowest BCUT2D eigenvalue weighted by Crippen LogP contribution is -2.27. The lowest BCUT2D eigenvalue weighted by atomic mass is 9.94. The van der Waals surface area contributed by atoms with Crippen LogP contribution in [-0.4, -0.2) is 41.4 Å². The highest BCUT2D eigenvalue weighted by atomic mass is 79.9. The van der Waals surface area contributed by atoms with E-state index in [2.05, 4.69) is 52.3 Å². The molecule has 0 saturated heterocycles. The monoisotopic (exact) mass is 611 g/mol. The van der Waals surface area contributed by atoms with Gasteiger partial charge in [-0.15, -0.1) is 0 Å². The number of hydrogen-bond acceptors (Lipinski definition) is 5. The van der Waals surface area contributed by atoms with Gasteiger partial charge in [-0.25, -0.2) is 0 Å². The maximum absolute atomic E-state index is 14.0. The van der Waals surface area contributed by atoms with E-state index in [9.17, 15) is 4.79 Å². The largest absolute Gasteiger partial charge is 0.493 e. The minimum Gasteiger partial charge on any atom is -0.493 e. The van der Waals surface area contributed by atoms with Crippen LogP contribution in [-0.2, 0) is 0 Å². The van der Waals surface area contributed by atoms with Crippen molar-refractivity contribution in [3.8, 4) is 45.3 Å². The van der Waals surface area contributed by atoms with Crippen molar-refractivity contribution in [3.63, 3.8) is 0 Å². The second kappa shape index (κ2) is 11.9. The van der Waals surface area contributed by atoms with Crippen LogP contribution in [0.4, 0.5) is 5.69 Å². The molecule has 208 valence electrons. The van der Waals surface area contributed by atoms with Gasteiger partial charge in [-0.3, -0.25) is 4.79 Å². The smallest absolute Gasteiger partial charge is 0.263 e. The molecule has 0 fully saturated rings. The number of methoxy groups -OCH3 is 4. The van der Waals surface area contributed by atoms with Gasteiger partial charge >= 0.3 is 0 Å². The Hall–Kier alpha value is -4.49. The van der Waals surface area contributed by atoms with E-state index in [0.717, 1.165) is 33.0 Å². The summed E-state index contributed by atoms with van der Waals surface area (Å²) in [6, 6.07) is 30.1. The SMILES string of the molecule is COc1cc2c(-c3ccc(-c4ccccc4)cc3)ccc(N(C)C(=O)c3c(Br)ccc(OC)c3OC)c2cc1OC. The summed E-state index contributed by atoms with van der Waals surface area (Å²) < 4.78 is 22.9. The van der Waals surface area contributed by atoms with E-state index in [0.29, 0.717) is 38.7 Å². The molecular weight excluding hydrogens is 582 g/mol. The Bertz CT molecular complexity index is 1720. The highest BCUT2D eigenvalue weighted by Crippen LogP contribution is 2.43. The number of rotatable bonds is 8. The average Bonchev–Trinajstić information content (AvgIpc) is 3.03. The molecule has 5 aromatic rings. The lowest BCUT2D eigenvalue weighted by Gasteiger charge is -2.24. The zero-order valence-electron chi connectivity index (χ0n) is 23.5. The van der Waals surface area contributed by atoms with E-state index in [1.165, 1.54) is 7.11 Å². The summed E-state index contributed by atoms with van der Waals surface area (Å²) in [4.78, 5) is 15.6. The van der Waals surface area contributed by atoms with Crippen LogP contribution in [0.1, 0.15) is 10.4 Å². The third kappa shape index (κ3) is 5.21. The number of carbonyl (C=O) groups excluding carboxylic acids is 1. The molecule has 41 heavy (non-hydrogen) atoms. The number of amides is 1. The summed E-state index contributed by atoms with van der Waals surface area (Å²) >= 11 is 3.53. The molecule has 5 rings (SSSR count). The van der Waals surface area contributed by atoms with Crippen molar-refractivity contribution < 1.29 is 23.7 Å². The molecule has 0 saturated carbocycles. The van der Waals surface area contributed by atoms with Crippen LogP contribution < -0.4 is 23.8 Å². The Labute approximate surface area is 248 Å². The van der Waals surface area contributed by atoms with Gasteiger partial charge in [-0.1, -0.05) is 60.7 Å². The van der Waals surface area contributed by atoms with Gasteiger partial charge in [-0.05, 0) is 73.9 Å². The van der Waals surface area contributed by atoms with Gasteiger partial charge in [0.15, 0.2) is 23.0 Å². The topological polar surface area (TPSA) is 57.2 Å². The van der Waals surface area contributed by atoms with E-state index < -0.39 is 0 Å². The normalized spacial score (nSPS) is 10.8. The van der Waals surface area contributed by atoms with Gasteiger partial charge < -0.3 is 23.8 Å². The molecule has 0 bridgehead atoms. The molecule has 0 unspecified atom stereocenters.